The van der Waals surface area contributed by atoms with Crippen molar-refractivity contribution in [2.75, 3.05) is 26.3 Å². The minimum absolute atomic E-state index is 0. The minimum Gasteiger partial charge on any atom is -0.469 e. The lowest BCUT2D eigenvalue weighted by Gasteiger charge is -2.23. The van der Waals surface area contributed by atoms with Crippen LogP contribution in [0.4, 0.5) is 0 Å². The van der Waals surface area contributed by atoms with Crippen molar-refractivity contribution in [2.24, 2.45) is 16.3 Å². The number of nitrogens with one attached hydrogen (secondary N) is 2. The van der Waals surface area contributed by atoms with E-state index in [4.69, 9.17) is 14.1 Å². The van der Waals surface area contributed by atoms with Gasteiger partial charge in [-0.1, -0.05) is 20.8 Å². The normalized spacial score (nSPS) is 19.1. The summed E-state index contributed by atoms with van der Waals surface area (Å²) in [5.41, 5.74) is 0.362. The molecule has 0 bridgehead atoms. The molecule has 2 unspecified atom stereocenters. The van der Waals surface area contributed by atoms with E-state index in [-0.39, 0.29) is 24.0 Å². The summed E-state index contributed by atoms with van der Waals surface area (Å²) >= 11 is 0. The van der Waals surface area contributed by atoms with Crippen LogP contribution in [0.3, 0.4) is 0 Å². The topological polar surface area (TPSA) is 58.8 Å². The Morgan fingerprint density at radius 3 is 2.81 bits per heavy atom. The van der Waals surface area contributed by atoms with E-state index in [2.05, 4.69) is 38.3 Å². The van der Waals surface area contributed by atoms with Crippen molar-refractivity contribution >= 4 is 29.9 Å². The molecule has 6 heteroatoms. The molecule has 1 saturated heterocycles. The Labute approximate surface area is 175 Å². The van der Waals surface area contributed by atoms with Crippen LogP contribution in [0.1, 0.15) is 52.7 Å². The second kappa shape index (κ2) is 11.8. The third-order valence-corrected chi connectivity index (χ3v) is 4.49. The quantitative estimate of drug-likeness (QED) is 0.334. The summed E-state index contributed by atoms with van der Waals surface area (Å²) in [7, 11) is 0. The summed E-state index contributed by atoms with van der Waals surface area (Å²) in [4.78, 5) is 4.79. The summed E-state index contributed by atoms with van der Waals surface area (Å²) in [5.74, 6) is 2.45. The van der Waals surface area contributed by atoms with Crippen molar-refractivity contribution in [3.05, 3.63) is 24.2 Å². The first-order chi connectivity index (χ1) is 11.9. The van der Waals surface area contributed by atoms with Gasteiger partial charge in [0.2, 0.25) is 0 Å². The molecule has 0 aromatic carbocycles. The number of aliphatic imine (C=N–C) groups is 1. The van der Waals surface area contributed by atoms with Gasteiger partial charge in [0, 0.05) is 38.1 Å². The van der Waals surface area contributed by atoms with Crippen LogP contribution in [0.15, 0.2) is 27.8 Å². The number of guanidine groups is 1. The molecular formula is C20H36IN3O2. The molecule has 5 nitrogen and oxygen atoms in total. The van der Waals surface area contributed by atoms with Crippen molar-refractivity contribution in [2.45, 2.75) is 59.4 Å². The molecule has 2 atom stereocenters. The Hall–Kier alpha value is -0.760. The maximum absolute atomic E-state index is 5.45. The number of nitrogens with zero attached hydrogens (tertiary/aromatic N) is 1. The maximum atomic E-state index is 5.45. The van der Waals surface area contributed by atoms with Crippen LogP contribution >= 0.6 is 24.0 Å². The lowest BCUT2D eigenvalue weighted by molar-refractivity contribution is 0.187. The Kier molecular flexibility index (Phi) is 10.6. The van der Waals surface area contributed by atoms with E-state index in [1.54, 1.807) is 6.26 Å². The Bertz CT molecular complexity index is 506. The fraction of sp³-hybridized carbons (Fsp3) is 0.750. The second-order valence-electron chi connectivity index (χ2n) is 8.32. The largest absolute Gasteiger partial charge is 0.469 e. The monoisotopic (exact) mass is 477 g/mol. The summed E-state index contributed by atoms with van der Waals surface area (Å²) in [6, 6.07) is 4.33. The van der Waals surface area contributed by atoms with E-state index in [0.29, 0.717) is 17.4 Å². The molecule has 0 radical (unpaired) electrons. The molecule has 2 heterocycles. The molecule has 1 aromatic rings. The molecule has 0 aliphatic carbocycles. The maximum Gasteiger partial charge on any atom is 0.191 e. The molecule has 0 amide bonds. The van der Waals surface area contributed by atoms with Gasteiger partial charge in [-0.2, -0.15) is 0 Å². The van der Waals surface area contributed by atoms with Crippen molar-refractivity contribution in [1.82, 2.24) is 10.6 Å². The van der Waals surface area contributed by atoms with Crippen molar-refractivity contribution in [1.29, 1.82) is 0 Å². The van der Waals surface area contributed by atoms with Crippen molar-refractivity contribution in [3.8, 4) is 0 Å². The van der Waals surface area contributed by atoms with Crippen LogP contribution in [-0.2, 0) is 11.2 Å². The third kappa shape index (κ3) is 9.80. The number of rotatable bonds is 8. The molecule has 0 saturated carbocycles. The standard InChI is InChI=1S/C20H35N3O2.HI/c1-16(7-10-20(2,3)4)23-19(22-14-17-9-13-24-15-17)21-11-8-18-6-5-12-25-18;/h5-6,12,16-17H,7-11,13-15H2,1-4H3,(H2,21,22,23);1H. The summed E-state index contributed by atoms with van der Waals surface area (Å²) in [5, 5.41) is 7.01. The van der Waals surface area contributed by atoms with Crippen LogP contribution in [0.25, 0.3) is 0 Å². The van der Waals surface area contributed by atoms with Crippen LogP contribution in [0.5, 0.6) is 0 Å². The zero-order valence-electron chi connectivity index (χ0n) is 16.7. The number of ether oxygens (including phenoxy) is 1. The highest BCUT2D eigenvalue weighted by atomic mass is 127. The van der Waals surface area contributed by atoms with E-state index < -0.39 is 0 Å². The number of furan rings is 1. The molecular weight excluding hydrogens is 441 g/mol. The average Bonchev–Trinajstić information content (AvgIpc) is 3.23. The summed E-state index contributed by atoms with van der Waals surface area (Å²) in [6.45, 7) is 12.4. The SMILES string of the molecule is CC(CCC(C)(C)C)NC(=NCC1CCOC1)NCCc1ccco1.I. The van der Waals surface area contributed by atoms with E-state index in [0.717, 1.165) is 57.3 Å². The van der Waals surface area contributed by atoms with E-state index >= 15 is 0 Å². The van der Waals surface area contributed by atoms with Gasteiger partial charge in [-0.25, -0.2) is 0 Å². The molecule has 1 fully saturated rings. The van der Waals surface area contributed by atoms with E-state index in [1.165, 1.54) is 6.42 Å². The highest BCUT2D eigenvalue weighted by molar-refractivity contribution is 14.0. The van der Waals surface area contributed by atoms with Gasteiger partial charge in [0.05, 0.1) is 12.9 Å². The highest BCUT2D eigenvalue weighted by Crippen LogP contribution is 2.21. The van der Waals surface area contributed by atoms with Gasteiger partial charge in [0.25, 0.3) is 0 Å². The summed E-state index contributed by atoms with van der Waals surface area (Å²) in [6.07, 6.45) is 6.02. The van der Waals surface area contributed by atoms with Crippen LogP contribution in [0.2, 0.25) is 0 Å². The molecule has 1 aliphatic rings. The molecule has 1 aliphatic heterocycles. The number of hydrogen-bond acceptors (Lipinski definition) is 3. The number of halogens is 1. The molecule has 150 valence electrons. The predicted octanol–water partition coefficient (Wildman–Crippen LogP) is 4.23. The Morgan fingerprint density at radius 1 is 1.38 bits per heavy atom. The second-order valence-corrected chi connectivity index (χ2v) is 8.32. The summed E-state index contributed by atoms with van der Waals surface area (Å²) < 4.78 is 10.9. The van der Waals surface area contributed by atoms with Crippen molar-refractivity contribution < 1.29 is 9.15 Å². The first-order valence-corrected chi connectivity index (χ1v) is 9.57. The molecule has 2 rings (SSSR count). The van der Waals surface area contributed by atoms with Crippen LogP contribution < -0.4 is 10.6 Å². The lowest BCUT2D eigenvalue weighted by Crippen LogP contribution is -2.43. The zero-order valence-corrected chi connectivity index (χ0v) is 19.0. The molecule has 2 N–H and O–H groups in total. The number of hydrogen-bond donors (Lipinski definition) is 2. The average molecular weight is 477 g/mol. The van der Waals surface area contributed by atoms with Crippen molar-refractivity contribution in [3.63, 3.8) is 0 Å². The Morgan fingerprint density at radius 2 is 2.19 bits per heavy atom. The van der Waals surface area contributed by atoms with Crippen LogP contribution in [-0.4, -0.2) is 38.3 Å². The van der Waals surface area contributed by atoms with Gasteiger partial charge in [-0.05, 0) is 43.7 Å². The predicted molar refractivity (Wildman–Crippen MR) is 118 cm³/mol. The van der Waals surface area contributed by atoms with E-state index in [9.17, 15) is 0 Å². The van der Waals surface area contributed by atoms with Gasteiger partial charge in [0.1, 0.15) is 5.76 Å². The lowest BCUT2D eigenvalue weighted by atomic mass is 9.89. The van der Waals surface area contributed by atoms with Gasteiger partial charge >= 0.3 is 0 Å². The molecule has 26 heavy (non-hydrogen) atoms. The van der Waals surface area contributed by atoms with Gasteiger partial charge in [-0.15, -0.1) is 24.0 Å². The fourth-order valence-corrected chi connectivity index (χ4v) is 2.81. The smallest absolute Gasteiger partial charge is 0.191 e. The Balaban J connectivity index is 0.00000338. The van der Waals surface area contributed by atoms with Crippen LogP contribution in [0, 0.1) is 11.3 Å². The highest BCUT2D eigenvalue weighted by Gasteiger charge is 2.16. The third-order valence-electron chi connectivity index (χ3n) is 4.49. The first kappa shape index (κ1) is 23.3. The molecule has 0 spiro atoms. The first-order valence-electron chi connectivity index (χ1n) is 9.57. The van der Waals surface area contributed by atoms with Gasteiger partial charge < -0.3 is 19.8 Å². The fourth-order valence-electron chi connectivity index (χ4n) is 2.81. The molecule has 1 aromatic heterocycles. The minimum atomic E-state index is 0. The van der Waals surface area contributed by atoms with Gasteiger partial charge in [-0.3, -0.25) is 4.99 Å². The van der Waals surface area contributed by atoms with E-state index in [1.807, 2.05) is 12.1 Å². The van der Waals surface area contributed by atoms with Gasteiger partial charge in [0.15, 0.2) is 5.96 Å². The zero-order chi connectivity index (χ0) is 18.1.